The monoisotopic (exact) mass is 565 g/mol. The molecule has 1 atom stereocenters. The van der Waals surface area contributed by atoms with E-state index in [2.05, 4.69) is 60.6 Å². The largest absolute Gasteiger partial charge is 0.383 e. The number of allylic oxidation sites excluding steroid dienone is 4. The molecule has 0 amide bonds. The van der Waals surface area contributed by atoms with Crippen LogP contribution in [-0.2, 0) is 12.8 Å². The lowest BCUT2D eigenvalue weighted by molar-refractivity contribution is -0.384. The standard InChI is InChI=1S/C35H43N5O2/c1-23-24(2)37-25(3)31(34(23)27-9-8-10-28(22-27)40(41)42)21-26-15-18-39(19-16-26)20-17-36-35-29-11-4-6-13-32(29)38-33-14-7-5-12-30(33)35/h4,6,8-11,13,22,26,34,37H,5,7,12,14-21H2,1-3H3,(H,36,38). The number of rotatable bonds is 8. The van der Waals surface area contributed by atoms with E-state index in [0.717, 1.165) is 62.2 Å². The third-order valence-corrected chi connectivity index (χ3v) is 9.76. The Hall–Kier alpha value is -3.71. The van der Waals surface area contributed by atoms with Gasteiger partial charge in [-0.3, -0.25) is 15.1 Å². The van der Waals surface area contributed by atoms with Crippen LogP contribution in [0, 0.1) is 16.0 Å². The third-order valence-electron chi connectivity index (χ3n) is 9.76. The molecule has 3 aliphatic rings. The lowest BCUT2D eigenvalue weighted by Crippen LogP contribution is -2.37. The van der Waals surface area contributed by atoms with E-state index in [0.29, 0.717) is 5.92 Å². The number of nitro groups is 1. The van der Waals surface area contributed by atoms with Crippen molar-refractivity contribution in [3.8, 4) is 0 Å². The zero-order chi connectivity index (χ0) is 29.2. The summed E-state index contributed by atoms with van der Waals surface area (Å²) in [5, 5.41) is 20.2. The first-order valence-corrected chi connectivity index (χ1v) is 15.6. The Kier molecular flexibility index (Phi) is 8.29. The number of hydrogen-bond donors (Lipinski definition) is 2. The third kappa shape index (κ3) is 5.80. The van der Waals surface area contributed by atoms with Crippen LogP contribution in [0.4, 0.5) is 11.4 Å². The predicted molar refractivity (Wildman–Crippen MR) is 171 cm³/mol. The van der Waals surface area contributed by atoms with Gasteiger partial charge in [-0.25, -0.2) is 0 Å². The van der Waals surface area contributed by atoms with Crippen LogP contribution in [0.1, 0.15) is 75.6 Å². The second-order valence-electron chi connectivity index (χ2n) is 12.4. The number of nitro benzene ring substituents is 1. The SMILES string of the molecule is CC1=C(C)C(c2cccc([N+](=O)[O-])c2)C(CC2CCN(CCNc3c4c(nc5ccccc35)CCCC4)CC2)=C(C)N1. The average Bonchev–Trinajstić information content (AvgIpc) is 3.00. The first-order chi connectivity index (χ1) is 20.4. The smallest absolute Gasteiger partial charge is 0.269 e. The van der Waals surface area contributed by atoms with Crippen molar-refractivity contribution >= 4 is 22.3 Å². The van der Waals surface area contributed by atoms with E-state index >= 15 is 0 Å². The van der Waals surface area contributed by atoms with E-state index in [1.54, 1.807) is 12.1 Å². The number of dihydropyridines is 1. The van der Waals surface area contributed by atoms with Gasteiger partial charge in [0.15, 0.2) is 0 Å². The van der Waals surface area contributed by atoms with Gasteiger partial charge in [0.2, 0.25) is 0 Å². The molecule has 7 nitrogen and oxygen atoms in total. The number of nitrogens with one attached hydrogen (secondary N) is 2. The summed E-state index contributed by atoms with van der Waals surface area (Å²) in [6.07, 6.45) is 8.07. The number of likely N-dealkylation sites (tertiary alicyclic amines) is 1. The van der Waals surface area contributed by atoms with Gasteiger partial charge in [0, 0.05) is 59.3 Å². The molecule has 2 aliphatic heterocycles. The number of aryl methyl sites for hydroxylation is 1. The van der Waals surface area contributed by atoms with Crippen molar-refractivity contribution in [1.29, 1.82) is 0 Å². The fraction of sp³-hybridized carbons (Fsp3) is 0.457. The first kappa shape index (κ1) is 28.4. The van der Waals surface area contributed by atoms with Gasteiger partial charge in [-0.2, -0.15) is 0 Å². The summed E-state index contributed by atoms with van der Waals surface area (Å²) in [5.41, 5.74) is 11.3. The summed E-state index contributed by atoms with van der Waals surface area (Å²) in [6.45, 7) is 10.6. The maximum Gasteiger partial charge on any atom is 0.269 e. The molecule has 220 valence electrons. The van der Waals surface area contributed by atoms with E-state index in [4.69, 9.17) is 4.98 Å². The lowest BCUT2D eigenvalue weighted by Gasteiger charge is -2.36. The summed E-state index contributed by atoms with van der Waals surface area (Å²) in [6, 6.07) is 15.8. The molecule has 1 aromatic heterocycles. The second-order valence-corrected chi connectivity index (χ2v) is 12.4. The molecule has 3 heterocycles. The molecule has 2 N–H and O–H groups in total. The Morgan fingerprint density at radius 1 is 1.02 bits per heavy atom. The highest BCUT2D eigenvalue weighted by atomic mass is 16.6. The van der Waals surface area contributed by atoms with Crippen LogP contribution in [0.3, 0.4) is 0 Å². The van der Waals surface area contributed by atoms with E-state index in [1.165, 1.54) is 64.9 Å². The summed E-state index contributed by atoms with van der Waals surface area (Å²) in [7, 11) is 0. The highest BCUT2D eigenvalue weighted by Crippen LogP contribution is 2.42. The number of piperidine rings is 1. The number of nitrogens with zero attached hydrogens (tertiary/aromatic N) is 3. The minimum atomic E-state index is -0.289. The topological polar surface area (TPSA) is 83.3 Å². The molecule has 2 aromatic carbocycles. The lowest BCUT2D eigenvalue weighted by atomic mass is 9.76. The number of aromatic nitrogens is 1. The van der Waals surface area contributed by atoms with Gasteiger partial charge in [0.25, 0.3) is 5.69 Å². The Morgan fingerprint density at radius 2 is 1.81 bits per heavy atom. The molecule has 3 aromatic rings. The van der Waals surface area contributed by atoms with Gasteiger partial charge in [-0.15, -0.1) is 0 Å². The van der Waals surface area contributed by atoms with Gasteiger partial charge >= 0.3 is 0 Å². The molecule has 42 heavy (non-hydrogen) atoms. The molecular weight excluding hydrogens is 522 g/mol. The normalized spacial score (nSPS) is 20.0. The number of para-hydroxylation sites is 1. The van der Waals surface area contributed by atoms with E-state index in [1.807, 2.05) is 12.1 Å². The minimum Gasteiger partial charge on any atom is -0.383 e. The molecule has 0 saturated carbocycles. The summed E-state index contributed by atoms with van der Waals surface area (Å²) >= 11 is 0. The van der Waals surface area contributed by atoms with Crippen molar-refractivity contribution in [2.45, 2.75) is 71.6 Å². The molecule has 6 rings (SSSR count). The fourth-order valence-corrected chi connectivity index (χ4v) is 7.33. The zero-order valence-electron chi connectivity index (χ0n) is 25.2. The van der Waals surface area contributed by atoms with Gasteiger partial charge < -0.3 is 15.5 Å². The van der Waals surface area contributed by atoms with Gasteiger partial charge in [0.1, 0.15) is 0 Å². The van der Waals surface area contributed by atoms with Crippen molar-refractivity contribution in [2.24, 2.45) is 5.92 Å². The Labute approximate surface area is 249 Å². The summed E-state index contributed by atoms with van der Waals surface area (Å²) in [5.74, 6) is 0.707. The molecule has 7 heteroatoms. The average molecular weight is 566 g/mol. The van der Waals surface area contributed by atoms with Crippen LogP contribution in [-0.4, -0.2) is 41.0 Å². The van der Waals surface area contributed by atoms with Crippen LogP contribution in [0.15, 0.2) is 71.1 Å². The Balaban J connectivity index is 1.09. The van der Waals surface area contributed by atoms with Gasteiger partial charge in [0.05, 0.1) is 10.4 Å². The van der Waals surface area contributed by atoms with Crippen LogP contribution < -0.4 is 10.6 Å². The van der Waals surface area contributed by atoms with Crippen molar-refractivity contribution < 1.29 is 4.92 Å². The molecule has 1 saturated heterocycles. The second kappa shape index (κ2) is 12.3. The van der Waals surface area contributed by atoms with Crippen LogP contribution >= 0.6 is 0 Å². The quantitative estimate of drug-likeness (QED) is 0.217. The van der Waals surface area contributed by atoms with Gasteiger partial charge in [-0.05, 0) is 113 Å². The predicted octanol–water partition coefficient (Wildman–Crippen LogP) is 7.49. The fourth-order valence-electron chi connectivity index (χ4n) is 7.33. The highest BCUT2D eigenvalue weighted by molar-refractivity contribution is 5.93. The molecule has 0 bridgehead atoms. The highest BCUT2D eigenvalue weighted by Gasteiger charge is 2.30. The van der Waals surface area contributed by atoms with Crippen molar-refractivity contribution in [1.82, 2.24) is 15.2 Å². The van der Waals surface area contributed by atoms with E-state index in [9.17, 15) is 10.1 Å². The van der Waals surface area contributed by atoms with Crippen molar-refractivity contribution in [3.63, 3.8) is 0 Å². The van der Waals surface area contributed by atoms with Crippen molar-refractivity contribution in [3.05, 3.63) is 98.0 Å². The summed E-state index contributed by atoms with van der Waals surface area (Å²) in [4.78, 5) is 18.8. The molecule has 0 radical (unpaired) electrons. The molecular formula is C35H43N5O2. The van der Waals surface area contributed by atoms with Crippen molar-refractivity contribution in [2.75, 3.05) is 31.5 Å². The number of benzene rings is 2. The molecule has 1 aliphatic carbocycles. The molecule has 1 fully saturated rings. The number of non-ortho nitro benzene ring substituents is 1. The number of anilines is 1. The summed E-state index contributed by atoms with van der Waals surface area (Å²) < 4.78 is 0. The first-order valence-electron chi connectivity index (χ1n) is 15.6. The molecule has 0 spiro atoms. The molecule has 1 unspecified atom stereocenters. The maximum atomic E-state index is 11.5. The van der Waals surface area contributed by atoms with E-state index in [-0.39, 0.29) is 16.5 Å². The number of fused-ring (bicyclic) bond motifs is 2. The van der Waals surface area contributed by atoms with E-state index < -0.39 is 0 Å². The Bertz CT molecular complexity index is 1550. The Morgan fingerprint density at radius 3 is 2.62 bits per heavy atom. The van der Waals surface area contributed by atoms with Crippen LogP contribution in [0.25, 0.3) is 10.9 Å². The maximum absolute atomic E-state index is 11.5. The van der Waals surface area contributed by atoms with Crippen LogP contribution in [0.5, 0.6) is 0 Å². The van der Waals surface area contributed by atoms with Crippen LogP contribution in [0.2, 0.25) is 0 Å². The van der Waals surface area contributed by atoms with Gasteiger partial charge in [-0.1, -0.05) is 30.3 Å². The number of pyridine rings is 1. The zero-order valence-corrected chi connectivity index (χ0v) is 25.2. The number of hydrogen-bond acceptors (Lipinski definition) is 6. The minimum absolute atomic E-state index is 0.0921.